The van der Waals surface area contributed by atoms with Crippen LogP contribution in [0.2, 0.25) is 0 Å². The molecule has 1 unspecified atom stereocenters. The molecule has 5 rings (SSSR count). The molecule has 9 nitrogen and oxygen atoms in total. The van der Waals surface area contributed by atoms with Crippen molar-refractivity contribution in [2.24, 2.45) is 0 Å². The minimum absolute atomic E-state index is 0.0422. The Balaban J connectivity index is 1.25. The quantitative estimate of drug-likeness (QED) is 0.192. The van der Waals surface area contributed by atoms with Gasteiger partial charge in [-0.15, -0.1) is 11.8 Å². The number of rotatable bonds is 5. The number of hydrogen-bond acceptors (Lipinski definition) is 8. The van der Waals surface area contributed by atoms with Crippen LogP contribution in [0.5, 0.6) is 0 Å². The van der Waals surface area contributed by atoms with Crippen molar-refractivity contribution in [2.45, 2.75) is 12.0 Å². The Hall–Kier alpha value is -4.05. The first kappa shape index (κ1) is 19.9. The van der Waals surface area contributed by atoms with E-state index in [1.54, 1.807) is 17.7 Å². The fourth-order valence-electron chi connectivity index (χ4n) is 3.40. The first-order valence-corrected chi connectivity index (χ1v) is 10.5. The molecule has 158 valence electrons. The molecule has 3 heterocycles. The van der Waals surface area contributed by atoms with Crippen molar-refractivity contribution >= 4 is 46.4 Å². The lowest BCUT2D eigenvalue weighted by Gasteiger charge is -2.37. The predicted octanol–water partition coefficient (Wildman–Crippen LogP) is 3.42. The molecule has 1 fully saturated rings. The van der Waals surface area contributed by atoms with Gasteiger partial charge in [0.05, 0.1) is 33.4 Å². The molecule has 2 aliphatic rings. The number of carbonyl (C=O) groups is 2. The summed E-state index contributed by atoms with van der Waals surface area (Å²) in [6, 6.07) is 13.2. The number of para-hydroxylation sites is 2. The van der Waals surface area contributed by atoms with Gasteiger partial charge in [0.1, 0.15) is 17.7 Å². The molecule has 2 aromatic carbocycles. The number of hydrogen-bond donors (Lipinski definition) is 0. The molecule has 0 saturated carbocycles. The van der Waals surface area contributed by atoms with Crippen LogP contribution in [-0.4, -0.2) is 37.0 Å². The van der Waals surface area contributed by atoms with Gasteiger partial charge in [0.25, 0.3) is 11.6 Å². The lowest BCUT2D eigenvalue weighted by molar-refractivity contribution is -0.384. The maximum absolute atomic E-state index is 12.7. The van der Waals surface area contributed by atoms with Crippen LogP contribution in [0.15, 0.2) is 71.4 Å². The van der Waals surface area contributed by atoms with Gasteiger partial charge in [0, 0.05) is 17.5 Å². The van der Waals surface area contributed by atoms with Gasteiger partial charge in [0.15, 0.2) is 0 Å². The number of nitrogens with zero attached hydrogens (tertiary/aromatic N) is 4. The first-order valence-electron chi connectivity index (χ1n) is 9.54. The summed E-state index contributed by atoms with van der Waals surface area (Å²) < 4.78 is 5.29. The average molecular weight is 446 g/mol. The van der Waals surface area contributed by atoms with Crippen LogP contribution in [0.4, 0.5) is 5.69 Å². The number of β-lactam (4-membered cyclic amide) rings is 1. The van der Waals surface area contributed by atoms with Gasteiger partial charge in [-0.25, -0.2) is 9.78 Å². The van der Waals surface area contributed by atoms with Crippen molar-refractivity contribution in [3.8, 4) is 0 Å². The van der Waals surface area contributed by atoms with E-state index in [9.17, 15) is 19.7 Å². The van der Waals surface area contributed by atoms with E-state index in [1.165, 1.54) is 40.9 Å². The molecule has 10 heteroatoms. The summed E-state index contributed by atoms with van der Waals surface area (Å²) in [5, 5.41) is 12.0. The Bertz CT molecular complexity index is 1340. The molecule has 1 saturated heterocycles. The predicted molar refractivity (Wildman–Crippen MR) is 117 cm³/mol. The summed E-state index contributed by atoms with van der Waals surface area (Å²) in [6.07, 6.45) is 3.30. The number of nitro benzene ring substituents is 1. The third-order valence-electron chi connectivity index (χ3n) is 5.03. The second kappa shape index (κ2) is 7.89. The van der Waals surface area contributed by atoms with Crippen LogP contribution in [0.25, 0.3) is 17.1 Å². The monoisotopic (exact) mass is 446 g/mol. The molecule has 0 N–H and O–H groups in total. The number of nitro groups is 1. The van der Waals surface area contributed by atoms with Crippen molar-refractivity contribution in [1.29, 1.82) is 0 Å². The summed E-state index contributed by atoms with van der Waals surface area (Å²) in [6.45, 7) is -0.0547. The smallest absolute Gasteiger partial charge is 0.355 e. The zero-order valence-corrected chi connectivity index (χ0v) is 17.2. The summed E-state index contributed by atoms with van der Waals surface area (Å²) in [5.74, 6) is -0.912. The number of thioether (sulfide) groups is 1. The van der Waals surface area contributed by atoms with E-state index in [0.717, 1.165) is 11.0 Å². The second-order valence-corrected chi connectivity index (χ2v) is 8.00. The Morgan fingerprint density at radius 1 is 1.19 bits per heavy atom. The molecule has 1 atom stereocenters. The van der Waals surface area contributed by atoms with E-state index in [-0.39, 0.29) is 29.3 Å². The number of carbonyl (C=O) groups excluding carboxylic acids is 2. The van der Waals surface area contributed by atoms with Crippen molar-refractivity contribution in [1.82, 2.24) is 14.9 Å². The largest absolute Gasteiger partial charge is 0.456 e. The van der Waals surface area contributed by atoms with Crippen LogP contribution in [0, 0.1) is 10.1 Å². The molecular weight excluding hydrogens is 432 g/mol. The Kier molecular flexibility index (Phi) is 4.91. The van der Waals surface area contributed by atoms with Crippen LogP contribution < -0.4 is 0 Å². The minimum Gasteiger partial charge on any atom is -0.456 e. The van der Waals surface area contributed by atoms with E-state index >= 15 is 0 Å². The molecule has 3 aromatic rings. The van der Waals surface area contributed by atoms with Gasteiger partial charge in [-0.2, -0.15) is 0 Å². The van der Waals surface area contributed by atoms with Crippen molar-refractivity contribution in [2.75, 3.05) is 0 Å². The molecule has 2 aliphatic heterocycles. The summed E-state index contributed by atoms with van der Waals surface area (Å²) >= 11 is 1.34. The highest BCUT2D eigenvalue weighted by Crippen LogP contribution is 2.45. The third kappa shape index (κ3) is 3.50. The number of aromatic nitrogens is 2. The SMILES string of the molecule is O=C(OCc1ccc([N+](=O)[O-])cc1)C1=CSC2/C(=C\c3cnc4ccccc4n3)C(=O)N12. The fraction of sp³-hybridized carbons (Fsp3) is 0.0909. The molecule has 0 aliphatic carbocycles. The second-order valence-electron chi connectivity index (χ2n) is 7.05. The van der Waals surface area contributed by atoms with Gasteiger partial charge < -0.3 is 4.74 Å². The van der Waals surface area contributed by atoms with E-state index in [2.05, 4.69) is 9.97 Å². The maximum atomic E-state index is 12.7. The van der Waals surface area contributed by atoms with Crippen LogP contribution >= 0.6 is 11.8 Å². The third-order valence-corrected chi connectivity index (χ3v) is 6.11. The Morgan fingerprint density at radius 2 is 1.94 bits per heavy atom. The average Bonchev–Trinajstić information content (AvgIpc) is 3.22. The molecular formula is C22H14N4O5S. The van der Waals surface area contributed by atoms with Crippen molar-refractivity contribution in [3.63, 3.8) is 0 Å². The first-order chi connectivity index (χ1) is 15.5. The van der Waals surface area contributed by atoms with Gasteiger partial charge in [-0.1, -0.05) is 12.1 Å². The topological polar surface area (TPSA) is 116 Å². The number of esters is 1. The number of benzene rings is 2. The van der Waals surface area contributed by atoms with E-state index in [0.29, 0.717) is 16.8 Å². The molecule has 0 spiro atoms. The van der Waals surface area contributed by atoms with E-state index < -0.39 is 10.9 Å². The molecule has 1 aromatic heterocycles. The standard InChI is InChI=1S/C22H14N4O5S/c27-20-16(9-14-10-23-17-3-1-2-4-18(17)24-14)21-25(20)19(12-32-21)22(28)31-11-13-5-7-15(8-6-13)26(29)30/h1-10,12,21H,11H2/b16-9-. The zero-order chi connectivity index (χ0) is 22.2. The minimum atomic E-state index is -0.628. The van der Waals surface area contributed by atoms with E-state index in [1.807, 2.05) is 24.3 Å². The molecule has 32 heavy (non-hydrogen) atoms. The lowest BCUT2D eigenvalue weighted by atomic mass is 10.0. The summed E-state index contributed by atoms with van der Waals surface area (Å²) in [7, 11) is 0. The number of non-ortho nitro benzene ring substituents is 1. The normalized spacial score (nSPS) is 18.3. The van der Waals surface area contributed by atoms with E-state index in [4.69, 9.17) is 4.74 Å². The van der Waals surface area contributed by atoms with Crippen molar-refractivity contribution in [3.05, 3.63) is 92.8 Å². The highest BCUT2D eigenvalue weighted by molar-refractivity contribution is 8.03. The summed E-state index contributed by atoms with van der Waals surface area (Å²) in [4.78, 5) is 45.6. The molecule has 0 bridgehead atoms. The highest BCUT2D eigenvalue weighted by Gasteiger charge is 2.49. The maximum Gasteiger partial charge on any atom is 0.355 e. The number of fused-ring (bicyclic) bond motifs is 2. The number of amides is 1. The van der Waals surface area contributed by atoms with Crippen LogP contribution in [0.1, 0.15) is 11.3 Å². The van der Waals surface area contributed by atoms with Gasteiger partial charge >= 0.3 is 5.97 Å². The Labute approximate surface area is 185 Å². The van der Waals surface area contributed by atoms with Crippen LogP contribution in [-0.2, 0) is 20.9 Å². The van der Waals surface area contributed by atoms with Gasteiger partial charge in [0.2, 0.25) is 0 Å². The molecule has 1 amide bonds. The Morgan fingerprint density at radius 3 is 2.69 bits per heavy atom. The van der Waals surface area contributed by atoms with Crippen molar-refractivity contribution < 1.29 is 19.2 Å². The lowest BCUT2D eigenvalue weighted by Crippen LogP contribution is -2.51. The summed E-state index contributed by atoms with van der Waals surface area (Å²) in [5.41, 5.74) is 3.35. The fourth-order valence-corrected chi connectivity index (χ4v) is 4.51. The molecule has 0 radical (unpaired) electrons. The van der Waals surface area contributed by atoms with Gasteiger partial charge in [-0.05, 0) is 35.9 Å². The van der Waals surface area contributed by atoms with Gasteiger partial charge in [-0.3, -0.25) is 24.8 Å². The van der Waals surface area contributed by atoms with Crippen LogP contribution in [0.3, 0.4) is 0 Å². The highest BCUT2D eigenvalue weighted by atomic mass is 32.2. The number of ether oxygens (including phenoxy) is 1. The zero-order valence-electron chi connectivity index (χ0n) is 16.4.